The molecule has 1 amide bonds. The second-order valence-electron chi connectivity index (χ2n) is 5.60. The molecule has 0 spiro atoms. The van der Waals surface area contributed by atoms with Crippen LogP contribution in [0.15, 0.2) is 0 Å². The number of amides is 1. The van der Waals surface area contributed by atoms with Crippen molar-refractivity contribution in [2.45, 2.75) is 57.7 Å². The van der Waals surface area contributed by atoms with E-state index in [2.05, 4.69) is 13.8 Å². The smallest absolute Gasteiger partial charge is 0.226 e. The molecule has 0 aromatic rings. The maximum atomic E-state index is 12.5. The highest BCUT2D eigenvalue weighted by molar-refractivity contribution is 5.79. The summed E-state index contributed by atoms with van der Waals surface area (Å²) < 4.78 is 5.46. The molecule has 98 valence electrons. The van der Waals surface area contributed by atoms with Gasteiger partial charge in [-0.3, -0.25) is 4.79 Å². The van der Waals surface area contributed by atoms with Gasteiger partial charge in [0.25, 0.3) is 0 Å². The third kappa shape index (κ3) is 2.80. The van der Waals surface area contributed by atoms with Crippen LogP contribution in [0.25, 0.3) is 0 Å². The first-order valence-electron chi connectivity index (χ1n) is 6.75. The predicted molar refractivity (Wildman–Crippen MR) is 66.5 cm³/mol. The highest BCUT2D eigenvalue weighted by Gasteiger charge is 2.35. The molecule has 4 nitrogen and oxygen atoms in total. The summed E-state index contributed by atoms with van der Waals surface area (Å²) in [5.41, 5.74) is 5.97. The third-order valence-corrected chi connectivity index (χ3v) is 3.99. The molecule has 1 heterocycles. The molecule has 2 rings (SSSR count). The van der Waals surface area contributed by atoms with Crippen molar-refractivity contribution in [1.82, 2.24) is 4.90 Å². The van der Waals surface area contributed by atoms with Crippen LogP contribution in [0.1, 0.15) is 39.5 Å². The Morgan fingerprint density at radius 1 is 1.24 bits per heavy atom. The van der Waals surface area contributed by atoms with Crippen molar-refractivity contribution in [3.8, 4) is 0 Å². The number of nitrogens with two attached hydrogens (primary N) is 1. The van der Waals surface area contributed by atoms with E-state index in [1.165, 1.54) is 0 Å². The normalized spacial score (nSPS) is 39.1. The largest absolute Gasteiger partial charge is 0.377 e. The van der Waals surface area contributed by atoms with Gasteiger partial charge in [0.2, 0.25) is 5.91 Å². The molecule has 1 saturated carbocycles. The first-order valence-corrected chi connectivity index (χ1v) is 6.75. The van der Waals surface area contributed by atoms with Crippen molar-refractivity contribution in [3.05, 3.63) is 0 Å². The number of nitrogens with zero attached hydrogens (tertiary/aromatic N) is 1. The first-order chi connectivity index (χ1) is 8.09. The summed E-state index contributed by atoms with van der Waals surface area (Å²) in [6.07, 6.45) is 4.02. The van der Waals surface area contributed by atoms with E-state index in [9.17, 15) is 4.79 Å². The average molecular weight is 240 g/mol. The Morgan fingerprint density at radius 3 is 2.47 bits per heavy atom. The van der Waals surface area contributed by atoms with Crippen molar-refractivity contribution < 1.29 is 9.53 Å². The van der Waals surface area contributed by atoms with E-state index in [-0.39, 0.29) is 24.0 Å². The molecule has 4 heteroatoms. The summed E-state index contributed by atoms with van der Waals surface area (Å²) in [6, 6.07) is 0.609. The maximum Gasteiger partial charge on any atom is 0.226 e. The molecule has 17 heavy (non-hydrogen) atoms. The minimum atomic E-state index is 0.141. The van der Waals surface area contributed by atoms with Crippen molar-refractivity contribution in [2.24, 2.45) is 11.7 Å². The topological polar surface area (TPSA) is 55.6 Å². The summed E-state index contributed by atoms with van der Waals surface area (Å²) >= 11 is 0. The lowest BCUT2D eigenvalue weighted by molar-refractivity contribution is -0.149. The Hall–Kier alpha value is -0.610. The lowest BCUT2D eigenvalue weighted by Crippen LogP contribution is -2.55. The fourth-order valence-electron chi connectivity index (χ4n) is 3.10. The Morgan fingerprint density at radius 2 is 1.88 bits per heavy atom. The highest BCUT2D eigenvalue weighted by Crippen LogP contribution is 2.27. The number of hydrogen-bond acceptors (Lipinski definition) is 3. The summed E-state index contributed by atoms with van der Waals surface area (Å²) in [7, 11) is 0. The van der Waals surface area contributed by atoms with E-state index in [1.54, 1.807) is 0 Å². The quantitative estimate of drug-likeness (QED) is 0.748. The van der Waals surface area contributed by atoms with Crippen molar-refractivity contribution in [3.63, 3.8) is 0 Å². The van der Waals surface area contributed by atoms with Gasteiger partial charge in [-0.1, -0.05) is 6.42 Å². The van der Waals surface area contributed by atoms with Gasteiger partial charge in [0, 0.05) is 12.0 Å². The van der Waals surface area contributed by atoms with Crippen LogP contribution in [0.2, 0.25) is 0 Å². The molecular weight excluding hydrogens is 216 g/mol. The molecule has 0 radical (unpaired) electrons. The fraction of sp³-hybridized carbons (Fsp3) is 0.923. The zero-order valence-corrected chi connectivity index (χ0v) is 10.9. The zero-order chi connectivity index (χ0) is 12.4. The molecule has 1 aliphatic carbocycles. The minimum Gasteiger partial charge on any atom is -0.377 e. The third-order valence-electron chi connectivity index (χ3n) is 3.99. The molecule has 2 aliphatic rings. The summed E-state index contributed by atoms with van der Waals surface area (Å²) in [5, 5.41) is 0. The SMILES string of the molecule is C[C@@H]1COC[C@H](C)N1C(=O)[C@@H]1CCC[C@@H](N)C1. The molecular formula is C13H24N2O2. The molecule has 0 aromatic carbocycles. The molecule has 2 N–H and O–H groups in total. The van der Waals surface area contributed by atoms with E-state index in [4.69, 9.17) is 10.5 Å². The highest BCUT2D eigenvalue weighted by atomic mass is 16.5. The number of hydrogen-bond donors (Lipinski definition) is 1. The van der Waals surface area contributed by atoms with E-state index >= 15 is 0 Å². The van der Waals surface area contributed by atoms with Crippen LogP contribution in [0.3, 0.4) is 0 Å². The molecule has 4 atom stereocenters. The van der Waals surface area contributed by atoms with Gasteiger partial charge in [0.05, 0.1) is 25.3 Å². The van der Waals surface area contributed by atoms with Crippen LogP contribution >= 0.6 is 0 Å². The van der Waals surface area contributed by atoms with Crippen LogP contribution in [-0.4, -0.2) is 42.1 Å². The first kappa shape index (κ1) is 12.8. The van der Waals surface area contributed by atoms with Gasteiger partial charge >= 0.3 is 0 Å². The van der Waals surface area contributed by atoms with Crippen LogP contribution in [-0.2, 0) is 9.53 Å². The molecule has 0 bridgehead atoms. The fourth-order valence-corrected chi connectivity index (χ4v) is 3.10. The summed E-state index contributed by atoms with van der Waals surface area (Å²) in [6.45, 7) is 5.45. The van der Waals surface area contributed by atoms with E-state index < -0.39 is 0 Å². The standard InChI is InChI=1S/C13H24N2O2/c1-9-7-17-8-10(2)15(9)13(16)11-4-3-5-12(14)6-11/h9-12H,3-8,14H2,1-2H3/t9-,10+,11-,12-/m1/s1. The van der Waals surface area contributed by atoms with Crippen LogP contribution < -0.4 is 5.73 Å². The second kappa shape index (κ2) is 5.36. The molecule has 1 saturated heterocycles. The Bertz CT molecular complexity index is 273. The van der Waals surface area contributed by atoms with Gasteiger partial charge in [-0.2, -0.15) is 0 Å². The van der Waals surface area contributed by atoms with Crippen molar-refractivity contribution >= 4 is 5.91 Å². The molecule has 0 aromatic heterocycles. The van der Waals surface area contributed by atoms with Crippen LogP contribution in [0.4, 0.5) is 0 Å². The number of morpholine rings is 1. The second-order valence-corrected chi connectivity index (χ2v) is 5.60. The van der Waals surface area contributed by atoms with Gasteiger partial charge in [-0.05, 0) is 33.1 Å². The maximum absolute atomic E-state index is 12.5. The zero-order valence-electron chi connectivity index (χ0n) is 10.9. The van der Waals surface area contributed by atoms with Crippen molar-refractivity contribution in [2.75, 3.05) is 13.2 Å². The summed E-state index contributed by atoms with van der Waals surface area (Å²) in [4.78, 5) is 14.6. The number of rotatable bonds is 1. The average Bonchev–Trinajstić information content (AvgIpc) is 2.28. The van der Waals surface area contributed by atoms with Crippen molar-refractivity contribution in [1.29, 1.82) is 0 Å². The lowest BCUT2D eigenvalue weighted by Gasteiger charge is -2.41. The van der Waals surface area contributed by atoms with Gasteiger partial charge in [0.1, 0.15) is 0 Å². The molecule has 2 fully saturated rings. The van der Waals surface area contributed by atoms with E-state index in [1.807, 2.05) is 4.90 Å². The van der Waals surface area contributed by atoms with Crippen LogP contribution in [0.5, 0.6) is 0 Å². The van der Waals surface area contributed by atoms with Crippen LogP contribution in [0, 0.1) is 5.92 Å². The molecule has 1 aliphatic heterocycles. The van der Waals surface area contributed by atoms with E-state index in [0.29, 0.717) is 19.1 Å². The minimum absolute atomic E-state index is 0.141. The van der Waals surface area contributed by atoms with Gasteiger partial charge in [-0.25, -0.2) is 0 Å². The lowest BCUT2D eigenvalue weighted by atomic mass is 9.84. The predicted octanol–water partition coefficient (Wildman–Crippen LogP) is 1.14. The summed E-state index contributed by atoms with van der Waals surface area (Å²) in [5.74, 6) is 0.435. The Balaban J connectivity index is 2.02. The number of ether oxygens (including phenoxy) is 1. The van der Waals surface area contributed by atoms with Gasteiger partial charge in [-0.15, -0.1) is 0 Å². The number of carbonyl (C=O) groups excluding carboxylic acids is 1. The van der Waals surface area contributed by atoms with Gasteiger partial charge < -0.3 is 15.4 Å². The molecule has 0 unspecified atom stereocenters. The monoisotopic (exact) mass is 240 g/mol. The van der Waals surface area contributed by atoms with E-state index in [0.717, 1.165) is 25.7 Å². The number of carbonyl (C=O) groups is 1. The Labute approximate surface area is 103 Å². The van der Waals surface area contributed by atoms with Gasteiger partial charge in [0.15, 0.2) is 0 Å². The Kier molecular flexibility index (Phi) is 4.05.